The molecule has 9 heteroatoms. The lowest BCUT2D eigenvalue weighted by Gasteiger charge is -2.45. The third-order valence-corrected chi connectivity index (χ3v) is 24.2. The van der Waals surface area contributed by atoms with Crippen molar-refractivity contribution in [2.45, 2.75) is 52.4 Å². The first-order valence-corrected chi connectivity index (χ1v) is 39.3. The van der Waals surface area contributed by atoms with Gasteiger partial charge in [0.05, 0.1) is 79.3 Å². The first kappa shape index (κ1) is 62.1. The fraction of sp³-hybridized carbons (Fsp3) is 0.0755. The lowest BCUT2D eigenvalue weighted by Crippen LogP contribution is -2.61. The zero-order chi connectivity index (χ0) is 81.6. The largest absolute Gasteiger partial charge is 0.310 e. The smallest absolute Gasteiger partial charge is 0.252 e. The predicted octanol–water partition coefficient (Wildman–Crippen LogP) is 25.5. The fourth-order valence-corrected chi connectivity index (χ4v) is 19.0. The van der Waals surface area contributed by atoms with Crippen LogP contribution in [0.4, 0.5) is 34.1 Å². The summed E-state index contributed by atoms with van der Waals surface area (Å²) >= 11 is 0. The molecule has 8 nitrogen and oxygen atoms in total. The van der Waals surface area contributed by atoms with Gasteiger partial charge in [0.15, 0.2) is 0 Å². The number of nitriles is 2. The molecule has 20 aromatic rings. The third kappa shape index (κ3) is 10.2. The van der Waals surface area contributed by atoms with E-state index in [1.165, 1.54) is 11.1 Å². The topological polar surface area (TPSA) is 73.8 Å². The van der Waals surface area contributed by atoms with Crippen molar-refractivity contribution < 1.29 is 6.85 Å². The Hall–Kier alpha value is -14.6. The standard InChI is InChI=1S/C106H75BN8/c1-105(2,3)71-49-55-93-82(58-71)83-59-72(106(4,5)6)50-56-94(83)111(93)74-52-54-86-99(61-74)114(92-44-26-43-91(84(92)65-109)113-90-42-23-19-36-81(90)103-77(38-25-46-96(103)113)68-31-14-9-15-32-68)100-62-75(112-89-41-22-18-35-80(89)102-76(37-24-45-95(102)112)67-29-12-8-13-30-67)63-101-104(100)107(86)85-53-48-69(66-27-10-7-11-28-66)57-98(85)115(101)97-60-73(51-47-70(97)64-108)110-87-39-20-16-33-78(87)79-34-17-21-40-88(79)110/h7-63H,1-6H3/i7D,10D,11D,27D,28D. The highest BCUT2D eigenvalue weighted by Crippen LogP contribution is 2.52. The Morgan fingerprint density at radius 2 is 0.722 bits per heavy atom. The summed E-state index contributed by atoms with van der Waals surface area (Å²) in [6, 6.07) is 115. The molecule has 0 radical (unpaired) electrons. The van der Waals surface area contributed by atoms with Crippen molar-refractivity contribution in [1.29, 1.82) is 10.5 Å². The van der Waals surface area contributed by atoms with Gasteiger partial charge in [0.1, 0.15) is 17.7 Å². The Morgan fingerprint density at radius 3 is 1.27 bits per heavy atom. The van der Waals surface area contributed by atoms with Gasteiger partial charge in [-0.2, -0.15) is 10.5 Å². The van der Waals surface area contributed by atoms with E-state index in [1.54, 1.807) is 0 Å². The van der Waals surface area contributed by atoms with Crippen LogP contribution in [0, 0.1) is 22.7 Å². The summed E-state index contributed by atoms with van der Waals surface area (Å²) in [5.41, 5.74) is 25.2. The van der Waals surface area contributed by atoms with E-state index in [4.69, 9.17) is 1.37 Å². The summed E-state index contributed by atoms with van der Waals surface area (Å²) in [5.74, 6) is 0. The Kier molecular flexibility index (Phi) is 13.7. The van der Waals surface area contributed by atoms with Gasteiger partial charge in [0.2, 0.25) is 0 Å². The normalized spacial score (nSPS) is 13.3. The van der Waals surface area contributed by atoms with E-state index in [-0.39, 0.29) is 28.5 Å². The van der Waals surface area contributed by atoms with Gasteiger partial charge in [-0.25, -0.2) is 0 Å². The van der Waals surface area contributed by atoms with Gasteiger partial charge in [-0.1, -0.05) is 266 Å². The maximum Gasteiger partial charge on any atom is 0.252 e. The van der Waals surface area contributed by atoms with Crippen LogP contribution in [0.2, 0.25) is 0 Å². The van der Waals surface area contributed by atoms with Crippen molar-refractivity contribution in [2.24, 2.45) is 0 Å². The molecule has 0 saturated heterocycles. The van der Waals surface area contributed by atoms with E-state index in [0.29, 0.717) is 45.1 Å². The zero-order valence-electron chi connectivity index (χ0n) is 69.2. The van der Waals surface area contributed by atoms with Crippen LogP contribution in [0.15, 0.2) is 346 Å². The van der Waals surface area contributed by atoms with Crippen molar-refractivity contribution >= 4 is 144 Å². The van der Waals surface area contributed by atoms with Gasteiger partial charge in [0, 0.05) is 77.2 Å². The maximum absolute atomic E-state index is 12.9. The van der Waals surface area contributed by atoms with Gasteiger partial charge in [-0.3, -0.25) is 0 Å². The van der Waals surface area contributed by atoms with Crippen LogP contribution in [0.25, 0.3) is 143 Å². The molecule has 6 heterocycles. The fourth-order valence-electron chi connectivity index (χ4n) is 19.0. The molecule has 0 unspecified atom stereocenters. The van der Waals surface area contributed by atoms with Crippen LogP contribution in [0.3, 0.4) is 0 Å². The predicted molar refractivity (Wildman–Crippen MR) is 481 cm³/mol. The van der Waals surface area contributed by atoms with Crippen LogP contribution in [0.1, 0.15) is 70.7 Å². The number of fused-ring (bicyclic) bond motifs is 16. The summed E-state index contributed by atoms with van der Waals surface area (Å²) < 4.78 is 55.9. The van der Waals surface area contributed by atoms with Gasteiger partial charge in [-0.05, 0) is 193 Å². The second-order valence-electron chi connectivity index (χ2n) is 32.6. The van der Waals surface area contributed by atoms with Crippen molar-refractivity contribution in [3.63, 3.8) is 0 Å². The minimum Gasteiger partial charge on any atom is -0.310 e. The number of para-hydroxylation sites is 4. The average Bonchev–Trinajstić information content (AvgIpc) is 0.858. The molecular formula is C106H75BN8. The summed E-state index contributed by atoms with van der Waals surface area (Å²) in [5, 5.41) is 33.6. The summed E-state index contributed by atoms with van der Waals surface area (Å²) in [4.78, 5) is 4.54. The number of benzene rings is 16. The molecule has 22 rings (SSSR count). The molecular weight excluding hydrogens is 1400 g/mol. The Balaban J connectivity index is 0.909. The van der Waals surface area contributed by atoms with E-state index in [9.17, 15) is 16.0 Å². The molecule has 0 fully saturated rings. The lowest BCUT2D eigenvalue weighted by molar-refractivity contribution is 0.590. The Labute approximate surface area is 674 Å². The van der Waals surface area contributed by atoms with Crippen LogP contribution in [0.5, 0.6) is 0 Å². The van der Waals surface area contributed by atoms with Gasteiger partial charge in [-0.15, -0.1) is 0 Å². The van der Waals surface area contributed by atoms with Crippen molar-refractivity contribution in [3.8, 4) is 68.3 Å². The summed E-state index contributed by atoms with van der Waals surface area (Å²) in [6.45, 7) is 13.0. The first-order chi connectivity index (χ1) is 58.3. The lowest BCUT2D eigenvalue weighted by atomic mass is 9.33. The molecule has 0 saturated carbocycles. The molecule has 0 N–H and O–H groups in total. The summed E-state index contributed by atoms with van der Waals surface area (Å²) in [7, 11) is 0. The van der Waals surface area contributed by atoms with E-state index in [1.807, 2.05) is 36.4 Å². The molecule has 0 atom stereocenters. The minimum atomic E-state index is -0.622. The van der Waals surface area contributed by atoms with Crippen LogP contribution < -0.4 is 26.2 Å². The van der Waals surface area contributed by atoms with Gasteiger partial charge in [0.25, 0.3) is 6.71 Å². The molecule has 16 aromatic carbocycles. The highest BCUT2D eigenvalue weighted by molar-refractivity contribution is 7.00. The SMILES string of the molecule is [2H]c1c([2H])c([2H])c(-c2ccc3c(c2)N(c2cc(-n4c5ccccc5c5ccccc54)ccc2C#N)c2cc(-n4c5ccccc5c5c(-c6ccccc6)cccc54)cc4c2B3c2ccc(-n3c5ccc(C(C)(C)C)cc5c5cc(C(C)(C)C)ccc53)cc2N4c2cccc(-n3c4ccccc4c4c(-c5ccccc5)cccc43)c2C#N)c([2H])c1[2H]. The molecule has 2 aliphatic rings. The van der Waals surface area contributed by atoms with Crippen LogP contribution in [-0.4, -0.2) is 25.0 Å². The van der Waals surface area contributed by atoms with E-state index in [0.717, 1.165) is 154 Å². The minimum absolute atomic E-state index is 0.0433. The number of aromatic nitrogens is 4. The quantitative estimate of drug-likeness (QED) is 0.135. The number of anilines is 6. The van der Waals surface area contributed by atoms with Crippen LogP contribution in [-0.2, 0) is 10.8 Å². The molecule has 0 aliphatic carbocycles. The second-order valence-corrected chi connectivity index (χ2v) is 32.6. The van der Waals surface area contributed by atoms with Gasteiger partial charge < -0.3 is 28.1 Å². The molecule has 0 amide bonds. The number of rotatable bonds is 9. The highest BCUT2D eigenvalue weighted by Gasteiger charge is 2.46. The van der Waals surface area contributed by atoms with E-state index < -0.39 is 24.8 Å². The molecule has 2 aliphatic heterocycles. The van der Waals surface area contributed by atoms with Gasteiger partial charge >= 0.3 is 0 Å². The molecule has 0 spiro atoms. The summed E-state index contributed by atoms with van der Waals surface area (Å²) in [6.07, 6.45) is 0. The molecule has 542 valence electrons. The number of hydrogen-bond donors (Lipinski definition) is 0. The monoisotopic (exact) mass is 1480 g/mol. The molecule has 115 heavy (non-hydrogen) atoms. The van der Waals surface area contributed by atoms with Crippen molar-refractivity contribution in [3.05, 3.63) is 368 Å². The first-order valence-electron chi connectivity index (χ1n) is 41.8. The Bertz CT molecular complexity index is 7790. The van der Waals surface area contributed by atoms with E-state index in [2.05, 4.69) is 361 Å². The van der Waals surface area contributed by atoms with E-state index >= 15 is 0 Å². The maximum atomic E-state index is 12.9. The molecule has 0 bridgehead atoms. The average molecular weight is 1480 g/mol. The number of nitrogens with zero attached hydrogens (tertiary/aromatic N) is 8. The third-order valence-electron chi connectivity index (χ3n) is 24.2. The van der Waals surface area contributed by atoms with Crippen molar-refractivity contribution in [1.82, 2.24) is 18.3 Å². The van der Waals surface area contributed by atoms with Crippen LogP contribution >= 0.6 is 0 Å². The molecule has 4 aromatic heterocycles. The number of hydrogen-bond acceptors (Lipinski definition) is 4. The second kappa shape index (κ2) is 25.4. The van der Waals surface area contributed by atoms with Crippen molar-refractivity contribution in [2.75, 3.05) is 9.80 Å². The zero-order valence-corrected chi connectivity index (χ0v) is 64.2. The Morgan fingerprint density at radius 1 is 0.296 bits per heavy atom. The highest BCUT2D eigenvalue weighted by atomic mass is 15.2.